The molecule has 1 fully saturated rings. The fourth-order valence-corrected chi connectivity index (χ4v) is 3.04. The van der Waals surface area contributed by atoms with Crippen LogP contribution in [0.15, 0.2) is 42.7 Å². The van der Waals surface area contributed by atoms with Gasteiger partial charge in [0.05, 0.1) is 5.69 Å². The molecule has 1 aliphatic heterocycles. The van der Waals surface area contributed by atoms with Crippen LogP contribution in [-0.2, 0) is 6.54 Å². The van der Waals surface area contributed by atoms with Gasteiger partial charge < -0.3 is 5.32 Å². The lowest BCUT2D eigenvalue weighted by molar-refractivity contribution is 0.199. The fraction of sp³-hybridized carbons (Fsp3) is 0.471. The van der Waals surface area contributed by atoms with Crippen LogP contribution in [0.4, 0.5) is 0 Å². The van der Waals surface area contributed by atoms with Crippen molar-refractivity contribution in [2.75, 3.05) is 19.6 Å². The summed E-state index contributed by atoms with van der Waals surface area (Å²) >= 11 is 0. The number of rotatable bonds is 6. The number of benzene rings is 1. The van der Waals surface area contributed by atoms with Gasteiger partial charge in [-0.1, -0.05) is 19.1 Å². The third kappa shape index (κ3) is 3.52. The van der Waals surface area contributed by atoms with Gasteiger partial charge in [-0.05, 0) is 49.7 Å². The molecule has 1 aromatic carbocycles. The summed E-state index contributed by atoms with van der Waals surface area (Å²) in [6, 6.07) is 11.4. The summed E-state index contributed by atoms with van der Waals surface area (Å²) in [5.74, 6) is 0. The smallest absolute Gasteiger partial charge is 0.0645 e. The first-order valence-corrected chi connectivity index (χ1v) is 7.90. The molecule has 1 aromatic heterocycles. The SMILES string of the molecule is CCCN(Cc1ccc(-n2cccn2)cc1)C1CCNC1. The second-order valence-electron chi connectivity index (χ2n) is 5.73. The predicted octanol–water partition coefficient (Wildman–Crippen LogP) is 2.45. The monoisotopic (exact) mass is 284 g/mol. The highest BCUT2D eigenvalue weighted by Gasteiger charge is 2.21. The van der Waals surface area contributed by atoms with Crippen molar-refractivity contribution in [2.45, 2.75) is 32.4 Å². The van der Waals surface area contributed by atoms with Crippen molar-refractivity contribution >= 4 is 0 Å². The molecule has 21 heavy (non-hydrogen) atoms. The van der Waals surface area contributed by atoms with Crippen molar-refractivity contribution in [2.24, 2.45) is 0 Å². The van der Waals surface area contributed by atoms with Gasteiger partial charge in [-0.2, -0.15) is 5.10 Å². The summed E-state index contributed by atoms with van der Waals surface area (Å²) in [6.07, 6.45) is 6.26. The Labute approximate surface area is 126 Å². The Balaban J connectivity index is 1.68. The molecule has 4 heteroatoms. The molecule has 0 spiro atoms. The van der Waals surface area contributed by atoms with Gasteiger partial charge in [0.15, 0.2) is 0 Å². The molecule has 1 atom stereocenters. The highest BCUT2D eigenvalue weighted by molar-refractivity contribution is 5.33. The molecule has 1 unspecified atom stereocenters. The van der Waals surface area contributed by atoms with Crippen molar-refractivity contribution < 1.29 is 0 Å². The molecule has 0 aliphatic carbocycles. The van der Waals surface area contributed by atoms with Crippen LogP contribution in [0.5, 0.6) is 0 Å². The number of hydrogen-bond donors (Lipinski definition) is 1. The van der Waals surface area contributed by atoms with Crippen molar-refractivity contribution in [3.63, 3.8) is 0 Å². The predicted molar refractivity (Wildman–Crippen MR) is 85.5 cm³/mol. The minimum Gasteiger partial charge on any atom is -0.315 e. The van der Waals surface area contributed by atoms with E-state index < -0.39 is 0 Å². The molecule has 0 saturated carbocycles. The fourth-order valence-electron chi connectivity index (χ4n) is 3.04. The summed E-state index contributed by atoms with van der Waals surface area (Å²) in [4.78, 5) is 2.61. The first kappa shape index (κ1) is 14.3. The highest BCUT2D eigenvalue weighted by atomic mass is 15.3. The van der Waals surface area contributed by atoms with Gasteiger partial charge in [0.25, 0.3) is 0 Å². The summed E-state index contributed by atoms with van der Waals surface area (Å²) < 4.78 is 1.90. The molecule has 0 amide bonds. The Morgan fingerprint density at radius 1 is 1.33 bits per heavy atom. The summed E-state index contributed by atoms with van der Waals surface area (Å²) in [5.41, 5.74) is 2.50. The van der Waals surface area contributed by atoms with Crippen LogP contribution in [0, 0.1) is 0 Å². The quantitative estimate of drug-likeness (QED) is 0.884. The zero-order valence-corrected chi connectivity index (χ0v) is 12.7. The molecule has 1 N–H and O–H groups in total. The van der Waals surface area contributed by atoms with Crippen LogP contribution in [0.1, 0.15) is 25.3 Å². The van der Waals surface area contributed by atoms with Crippen LogP contribution in [0.2, 0.25) is 0 Å². The number of aromatic nitrogens is 2. The van der Waals surface area contributed by atoms with Gasteiger partial charge in [-0.25, -0.2) is 4.68 Å². The first-order chi connectivity index (χ1) is 10.4. The zero-order valence-electron chi connectivity index (χ0n) is 12.7. The van der Waals surface area contributed by atoms with Crippen LogP contribution >= 0.6 is 0 Å². The molecule has 0 radical (unpaired) electrons. The lowest BCUT2D eigenvalue weighted by atomic mass is 10.1. The Morgan fingerprint density at radius 3 is 2.81 bits per heavy atom. The Morgan fingerprint density at radius 2 is 2.19 bits per heavy atom. The Bertz CT molecular complexity index is 526. The highest BCUT2D eigenvalue weighted by Crippen LogP contribution is 2.15. The molecule has 0 bridgehead atoms. The van der Waals surface area contributed by atoms with E-state index >= 15 is 0 Å². The number of hydrogen-bond acceptors (Lipinski definition) is 3. The van der Waals surface area contributed by atoms with E-state index in [1.165, 1.54) is 24.9 Å². The van der Waals surface area contributed by atoms with Gasteiger partial charge in [0.1, 0.15) is 0 Å². The van der Waals surface area contributed by atoms with Gasteiger partial charge in [0.2, 0.25) is 0 Å². The van der Waals surface area contributed by atoms with E-state index in [0.29, 0.717) is 6.04 Å². The summed E-state index contributed by atoms with van der Waals surface area (Å²) in [6.45, 7) is 6.76. The molecule has 1 aliphatic rings. The van der Waals surface area contributed by atoms with Crippen LogP contribution in [0.3, 0.4) is 0 Å². The average Bonchev–Trinajstić information content (AvgIpc) is 3.21. The third-order valence-corrected chi connectivity index (χ3v) is 4.15. The van der Waals surface area contributed by atoms with E-state index in [9.17, 15) is 0 Å². The first-order valence-electron chi connectivity index (χ1n) is 7.90. The van der Waals surface area contributed by atoms with Crippen molar-refractivity contribution in [1.82, 2.24) is 20.0 Å². The average molecular weight is 284 g/mol. The normalized spacial score (nSPS) is 18.5. The van der Waals surface area contributed by atoms with E-state index in [1.54, 1.807) is 0 Å². The maximum atomic E-state index is 4.27. The summed E-state index contributed by atoms with van der Waals surface area (Å²) in [7, 11) is 0. The lowest BCUT2D eigenvalue weighted by Gasteiger charge is -2.28. The number of nitrogens with zero attached hydrogens (tertiary/aromatic N) is 3. The second kappa shape index (κ2) is 6.87. The van der Waals surface area contributed by atoms with E-state index in [4.69, 9.17) is 0 Å². The molecule has 3 rings (SSSR count). The molecular weight excluding hydrogens is 260 g/mol. The van der Waals surface area contributed by atoms with Crippen molar-refractivity contribution in [3.8, 4) is 5.69 Å². The van der Waals surface area contributed by atoms with E-state index in [1.807, 2.05) is 23.1 Å². The van der Waals surface area contributed by atoms with E-state index in [2.05, 4.69) is 46.5 Å². The molecule has 112 valence electrons. The molecule has 1 saturated heterocycles. The molecule has 4 nitrogen and oxygen atoms in total. The van der Waals surface area contributed by atoms with Crippen molar-refractivity contribution in [3.05, 3.63) is 48.3 Å². The number of nitrogens with one attached hydrogen (secondary N) is 1. The minimum absolute atomic E-state index is 0.691. The van der Waals surface area contributed by atoms with Gasteiger partial charge in [-0.3, -0.25) is 4.90 Å². The Hall–Kier alpha value is -1.65. The molecular formula is C17H24N4. The topological polar surface area (TPSA) is 33.1 Å². The van der Waals surface area contributed by atoms with Crippen LogP contribution in [-0.4, -0.2) is 40.4 Å². The van der Waals surface area contributed by atoms with Gasteiger partial charge >= 0.3 is 0 Å². The summed E-state index contributed by atoms with van der Waals surface area (Å²) in [5, 5.41) is 7.74. The lowest BCUT2D eigenvalue weighted by Crippen LogP contribution is -2.36. The van der Waals surface area contributed by atoms with Crippen LogP contribution < -0.4 is 5.32 Å². The second-order valence-corrected chi connectivity index (χ2v) is 5.73. The maximum Gasteiger partial charge on any atom is 0.0645 e. The van der Waals surface area contributed by atoms with Gasteiger partial charge in [0, 0.05) is 31.5 Å². The zero-order chi connectivity index (χ0) is 14.5. The maximum absolute atomic E-state index is 4.27. The van der Waals surface area contributed by atoms with Gasteiger partial charge in [-0.15, -0.1) is 0 Å². The van der Waals surface area contributed by atoms with Crippen molar-refractivity contribution in [1.29, 1.82) is 0 Å². The largest absolute Gasteiger partial charge is 0.315 e. The van der Waals surface area contributed by atoms with E-state index in [0.717, 1.165) is 25.3 Å². The minimum atomic E-state index is 0.691. The Kier molecular flexibility index (Phi) is 4.68. The van der Waals surface area contributed by atoms with E-state index in [-0.39, 0.29) is 0 Å². The standard InChI is InChI=1S/C17H24N4/c1-2-11-20(17-8-10-18-13-17)14-15-4-6-16(7-5-15)21-12-3-9-19-21/h3-7,9,12,17-18H,2,8,10-11,13-14H2,1H3. The molecule has 2 aromatic rings. The van der Waals surface area contributed by atoms with Crippen LogP contribution in [0.25, 0.3) is 5.69 Å². The molecule has 2 heterocycles. The third-order valence-electron chi connectivity index (χ3n) is 4.15.